The highest BCUT2D eigenvalue weighted by molar-refractivity contribution is 7.89. The third kappa shape index (κ3) is 4.27. The van der Waals surface area contributed by atoms with Gasteiger partial charge in [-0.15, -0.1) is 22.7 Å². The van der Waals surface area contributed by atoms with E-state index < -0.39 is 10.0 Å². The molecular weight excluding hydrogens is 442 g/mol. The third-order valence-electron chi connectivity index (χ3n) is 4.90. The predicted octanol–water partition coefficient (Wildman–Crippen LogP) is 3.46. The molecule has 2 amide bonds. The molecule has 0 unspecified atom stereocenters. The van der Waals surface area contributed by atoms with Crippen LogP contribution in [-0.4, -0.2) is 55.6 Å². The molecule has 30 heavy (non-hydrogen) atoms. The van der Waals surface area contributed by atoms with E-state index in [1.807, 2.05) is 17.5 Å². The number of anilines is 1. The van der Waals surface area contributed by atoms with E-state index in [2.05, 4.69) is 5.32 Å². The number of hydrogen-bond acceptors (Lipinski definition) is 6. The molecule has 10 heteroatoms. The minimum atomic E-state index is -3.67. The van der Waals surface area contributed by atoms with Crippen molar-refractivity contribution in [3.05, 3.63) is 46.7 Å². The van der Waals surface area contributed by atoms with E-state index in [9.17, 15) is 18.0 Å². The largest absolute Gasteiger partial charge is 0.337 e. The molecule has 3 heterocycles. The molecule has 0 radical (unpaired) electrons. The number of carbonyl (C=O) groups excluding carboxylic acids is 2. The molecule has 3 aromatic rings. The van der Waals surface area contributed by atoms with Gasteiger partial charge in [0.15, 0.2) is 0 Å². The maximum Gasteiger partial charge on any atom is 0.264 e. The van der Waals surface area contributed by atoms with E-state index in [0.29, 0.717) is 36.6 Å². The molecule has 2 aromatic heterocycles. The highest BCUT2D eigenvalue weighted by Gasteiger charge is 2.29. The number of rotatable bonds is 4. The number of nitrogens with one attached hydrogen (secondary N) is 1. The summed E-state index contributed by atoms with van der Waals surface area (Å²) in [4.78, 5) is 26.7. The van der Waals surface area contributed by atoms with Gasteiger partial charge in [-0.25, -0.2) is 8.42 Å². The molecule has 1 aromatic carbocycles. The van der Waals surface area contributed by atoms with Crippen LogP contribution in [-0.2, 0) is 14.8 Å². The normalized spacial score (nSPS) is 15.8. The minimum absolute atomic E-state index is 0.0395. The Morgan fingerprint density at radius 1 is 1.00 bits per heavy atom. The average molecular weight is 464 g/mol. The fourth-order valence-electron chi connectivity index (χ4n) is 3.43. The van der Waals surface area contributed by atoms with Gasteiger partial charge in [-0.05, 0) is 48.2 Å². The summed E-state index contributed by atoms with van der Waals surface area (Å²) >= 11 is 3.09. The summed E-state index contributed by atoms with van der Waals surface area (Å²) in [6.07, 6.45) is 0.578. The Labute approximate surface area is 183 Å². The first-order chi connectivity index (χ1) is 14.3. The fourth-order valence-corrected chi connectivity index (χ4v) is 6.97. The molecule has 1 N–H and O–H groups in total. The second-order valence-corrected chi connectivity index (χ2v) is 11.0. The van der Waals surface area contributed by atoms with Crippen molar-refractivity contribution in [3.8, 4) is 0 Å². The van der Waals surface area contributed by atoms with E-state index in [-0.39, 0.29) is 23.3 Å². The van der Waals surface area contributed by atoms with E-state index >= 15 is 0 Å². The highest BCUT2D eigenvalue weighted by atomic mass is 32.2. The van der Waals surface area contributed by atoms with Crippen LogP contribution >= 0.6 is 22.7 Å². The van der Waals surface area contributed by atoms with Crippen LogP contribution in [0, 0.1) is 0 Å². The number of benzene rings is 1. The van der Waals surface area contributed by atoms with Crippen molar-refractivity contribution in [2.45, 2.75) is 18.2 Å². The van der Waals surface area contributed by atoms with Crippen molar-refractivity contribution >= 4 is 59.6 Å². The van der Waals surface area contributed by atoms with E-state index in [0.717, 1.165) is 9.40 Å². The topological polar surface area (TPSA) is 86.8 Å². The van der Waals surface area contributed by atoms with Crippen molar-refractivity contribution in [1.82, 2.24) is 9.21 Å². The second kappa shape index (κ2) is 8.46. The number of thiophene rings is 2. The molecule has 0 aliphatic carbocycles. The van der Waals surface area contributed by atoms with Crippen LogP contribution in [0.2, 0.25) is 0 Å². The molecule has 1 saturated heterocycles. The van der Waals surface area contributed by atoms with E-state index in [1.165, 1.54) is 34.7 Å². The predicted molar refractivity (Wildman–Crippen MR) is 120 cm³/mol. The van der Waals surface area contributed by atoms with Crippen LogP contribution < -0.4 is 5.32 Å². The van der Waals surface area contributed by atoms with Crippen LogP contribution in [0.15, 0.2) is 46.7 Å². The van der Waals surface area contributed by atoms with Crippen LogP contribution in [0.25, 0.3) is 9.40 Å². The lowest BCUT2D eigenvalue weighted by atomic mass is 10.3. The van der Waals surface area contributed by atoms with E-state index in [4.69, 9.17) is 0 Å². The van der Waals surface area contributed by atoms with Gasteiger partial charge in [0.05, 0.1) is 9.77 Å². The molecule has 158 valence electrons. The van der Waals surface area contributed by atoms with Gasteiger partial charge in [-0.3, -0.25) is 9.59 Å². The first-order valence-corrected chi connectivity index (χ1v) is 12.6. The van der Waals surface area contributed by atoms with Gasteiger partial charge in [-0.1, -0.05) is 0 Å². The second-order valence-electron chi connectivity index (χ2n) is 7.02. The fraction of sp³-hybridized carbons (Fsp3) is 0.300. The maximum atomic E-state index is 13.0. The van der Waals surface area contributed by atoms with Crippen molar-refractivity contribution in [3.63, 3.8) is 0 Å². The van der Waals surface area contributed by atoms with E-state index in [1.54, 1.807) is 28.4 Å². The quantitative estimate of drug-likeness (QED) is 0.642. The summed E-state index contributed by atoms with van der Waals surface area (Å²) in [6, 6.07) is 10.1. The molecule has 4 rings (SSSR count). The van der Waals surface area contributed by atoms with Crippen molar-refractivity contribution in [1.29, 1.82) is 0 Å². The molecule has 1 aliphatic rings. The Hall–Kier alpha value is -2.27. The summed E-state index contributed by atoms with van der Waals surface area (Å²) in [6.45, 7) is 2.89. The standard InChI is InChI=1S/C20H21N3O4S3/c1-14(24)21-15-3-5-16(6-4-15)30(26,27)23-9-2-8-22(10-11-23)20(25)19-13-18-17(29-19)7-12-28-18/h3-7,12-13H,2,8-11H2,1H3,(H,21,24). The smallest absolute Gasteiger partial charge is 0.264 e. The van der Waals surface area contributed by atoms with Gasteiger partial charge in [0, 0.05) is 48.2 Å². The van der Waals surface area contributed by atoms with Crippen LogP contribution in [0.3, 0.4) is 0 Å². The summed E-state index contributed by atoms with van der Waals surface area (Å²) in [5.74, 6) is -0.254. The SMILES string of the molecule is CC(=O)Nc1ccc(S(=O)(=O)N2CCCN(C(=O)c3cc4sccc4s3)CC2)cc1. The van der Waals surface area contributed by atoms with Gasteiger partial charge in [-0.2, -0.15) is 4.31 Å². The number of carbonyl (C=O) groups is 2. The van der Waals surface area contributed by atoms with Gasteiger partial charge >= 0.3 is 0 Å². The Kier molecular flexibility index (Phi) is 5.92. The lowest BCUT2D eigenvalue weighted by molar-refractivity contribution is -0.114. The third-order valence-corrected chi connectivity index (χ3v) is 8.90. The zero-order valence-electron chi connectivity index (χ0n) is 16.3. The van der Waals surface area contributed by atoms with Gasteiger partial charge in [0.2, 0.25) is 15.9 Å². The van der Waals surface area contributed by atoms with Gasteiger partial charge < -0.3 is 10.2 Å². The van der Waals surface area contributed by atoms with Crippen LogP contribution in [0.1, 0.15) is 23.0 Å². The molecule has 0 bridgehead atoms. The molecule has 0 saturated carbocycles. The van der Waals surface area contributed by atoms with Crippen molar-refractivity contribution < 1.29 is 18.0 Å². The lowest BCUT2D eigenvalue weighted by Gasteiger charge is -2.21. The number of amides is 2. The summed E-state index contributed by atoms with van der Waals surface area (Å²) in [5, 5.41) is 4.63. The summed E-state index contributed by atoms with van der Waals surface area (Å²) in [7, 11) is -3.67. The summed E-state index contributed by atoms with van der Waals surface area (Å²) in [5.41, 5.74) is 0.546. The van der Waals surface area contributed by atoms with Crippen LogP contribution in [0.5, 0.6) is 0 Å². The first-order valence-electron chi connectivity index (χ1n) is 9.49. The van der Waals surface area contributed by atoms with Gasteiger partial charge in [0.25, 0.3) is 5.91 Å². The zero-order valence-corrected chi connectivity index (χ0v) is 18.8. The molecular formula is C20H21N3O4S3. The Morgan fingerprint density at radius 3 is 2.47 bits per heavy atom. The Balaban J connectivity index is 1.45. The lowest BCUT2D eigenvalue weighted by Crippen LogP contribution is -2.37. The highest BCUT2D eigenvalue weighted by Crippen LogP contribution is 2.31. The monoisotopic (exact) mass is 463 g/mol. The molecule has 0 spiro atoms. The summed E-state index contributed by atoms with van der Waals surface area (Å²) < 4.78 is 29.7. The molecule has 7 nitrogen and oxygen atoms in total. The maximum absolute atomic E-state index is 13.0. The molecule has 1 aliphatic heterocycles. The molecule has 1 fully saturated rings. The Morgan fingerprint density at radius 2 is 1.77 bits per heavy atom. The number of sulfonamides is 1. The van der Waals surface area contributed by atoms with Crippen molar-refractivity contribution in [2.24, 2.45) is 0 Å². The number of hydrogen-bond donors (Lipinski definition) is 1. The number of fused-ring (bicyclic) bond motifs is 1. The molecule has 0 atom stereocenters. The Bertz CT molecular complexity index is 1150. The van der Waals surface area contributed by atoms with Gasteiger partial charge in [0.1, 0.15) is 0 Å². The number of nitrogens with zero attached hydrogens (tertiary/aromatic N) is 2. The minimum Gasteiger partial charge on any atom is -0.337 e. The zero-order chi connectivity index (χ0) is 21.3. The first kappa shape index (κ1) is 21.0. The van der Waals surface area contributed by atoms with Crippen LogP contribution in [0.4, 0.5) is 5.69 Å². The average Bonchev–Trinajstić information content (AvgIpc) is 3.21. The van der Waals surface area contributed by atoms with Crippen molar-refractivity contribution in [2.75, 3.05) is 31.5 Å².